The number of fused-ring (bicyclic) bond motifs is 4. The van der Waals surface area contributed by atoms with Crippen molar-refractivity contribution in [2.45, 2.75) is 12.8 Å². The van der Waals surface area contributed by atoms with Crippen LogP contribution in [0, 0.1) is 5.92 Å². The highest BCUT2D eigenvalue weighted by Crippen LogP contribution is 2.32. The number of carbonyl (C=O) groups is 1. The summed E-state index contributed by atoms with van der Waals surface area (Å²) in [5.41, 5.74) is 2.32. The molecule has 0 saturated carbocycles. The van der Waals surface area contributed by atoms with Gasteiger partial charge in [-0.15, -0.1) is 15.3 Å². The number of rotatable bonds is 3. The maximum atomic E-state index is 12.8. The van der Waals surface area contributed by atoms with Crippen LogP contribution in [0.25, 0.3) is 27.6 Å². The van der Waals surface area contributed by atoms with Crippen molar-refractivity contribution in [3.63, 3.8) is 0 Å². The van der Waals surface area contributed by atoms with Gasteiger partial charge < -0.3 is 14.1 Å². The van der Waals surface area contributed by atoms with Crippen LogP contribution in [0.4, 0.5) is 5.82 Å². The van der Waals surface area contributed by atoms with E-state index in [0.29, 0.717) is 11.4 Å². The summed E-state index contributed by atoms with van der Waals surface area (Å²) < 4.78 is 13.2. The number of esters is 1. The van der Waals surface area contributed by atoms with Gasteiger partial charge in [-0.2, -0.15) is 4.52 Å². The lowest BCUT2D eigenvalue weighted by Gasteiger charge is -2.31. The zero-order valence-electron chi connectivity index (χ0n) is 16.6. The predicted octanol–water partition coefficient (Wildman–Crippen LogP) is 3.85. The average Bonchev–Trinajstić information content (AvgIpc) is 3.43. The van der Waals surface area contributed by atoms with Crippen molar-refractivity contribution in [2.24, 2.45) is 5.92 Å². The lowest BCUT2D eigenvalue weighted by Crippen LogP contribution is -2.38. The molecule has 0 bridgehead atoms. The predicted molar refractivity (Wildman–Crippen MR) is 115 cm³/mol. The average molecular weight is 413 g/mol. The van der Waals surface area contributed by atoms with Gasteiger partial charge >= 0.3 is 5.97 Å². The van der Waals surface area contributed by atoms with Gasteiger partial charge in [-0.3, -0.25) is 4.79 Å². The fraction of sp³-hybridized carbons (Fsp3) is 0.217. The molecule has 8 heteroatoms. The molecule has 1 aliphatic rings. The van der Waals surface area contributed by atoms with Crippen LogP contribution in [0.3, 0.4) is 0 Å². The lowest BCUT2D eigenvalue weighted by molar-refractivity contribution is -0.139. The van der Waals surface area contributed by atoms with Crippen LogP contribution in [0.1, 0.15) is 12.8 Å². The van der Waals surface area contributed by atoms with Crippen molar-refractivity contribution in [2.75, 3.05) is 18.0 Å². The first-order valence-corrected chi connectivity index (χ1v) is 10.3. The monoisotopic (exact) mass is 413 g/mol. The Kier molecular flexibility index (Phi) is 4.09. The largest absolute Gasteiger partial charge is 0.456 e. The number of aromatic nitrogens is 4. The Hall–Kier alpha value is -3.94. The van der Waals surface area contributed by atoms with Gasteiger partial charge in [-0.05, 0) is 49.2 Å². The molecule has 2 aromatic carbocycles. The number of nitrogens with zero attached hydrogens (tertiary/aromatic N) is 5. The van der Waals surface area contributed by atoms with Gasteiger partial charge in [0, 0.05) is 23.9 Å². The minimum Gasteiger partial charge on any atom is -0.456 e. The molecule has 0 unspecified atom stereocenters. The molecule has 4 heterocycles. The molecule has 1 aliphatic heterocycles. The number of hydrogen-bond acceptors (Lipinski definition) is 7. The molecule has 0 aliphatic carbocycles. The van der Waals surface area contributed by atoms with Crippen LogP contribution in [-0.2, 0) is 4.79 Å². The summed E-state index contributed by atoms with van der Waals surface area (Å²) in [5.74, 6) is 1.09. The van der Waals surface area contributed by atoms with Crippen LogP contribution in [0.2, 0.25) is 0 Å². The molecule has 1 fully saturated rings. The minimum absolute atomic E-state index is 0.133. The van der Waals surface area contributed by atoms with E-state index in [1.165, 1.54) is 0 Å². The molecule has 6 rings (SSSR count). The number of piperidine rings is 1. The molecule has 0 radical (unpaired) electrons. The summed E-state index contributed by atoms with van der Waals surface area (Å²) in [7, 11) is 0. The number of furan rings is 1. The van der Waals surface area contributed by atoms with Crippen molar-refractivity contribution in [1.29, 1.82) is 0 Å². The van der Waals surface area contributed by atoms with Crippen molar-refractivity contribution in [3.05, 3.63) is 60.9 Å². The minimum atomic E-state index is -0.186. The summed E-state index contributed by atoms with van der Waals surface area (Å²) in [6.45, 7) is 1.48. The second kappa shape index (κ2) is 7.09. The smallest absolute Gasteiger partial charge is 0.314 e. The molecule has 0 atom stereocenters. The highest BCUT2D eigenvalue weighted by Gasteiger charge is 2.27. The van der Waals surface area contributed by atoms with E-state index >= 15 is 0 Å². The number of anilines is 1. The van der Waals surface area contributed by atoms with E-state index in [2.05, 4.69) is 20.2 Å². The number of carbonyl (C=O) groups excluding carboxylic acids is 1. The van der Waals surface area contributed by atoms with Crippen LogP contribution < -0.4 is 9.64 Å². The fourth-order valence-corrected chi connectivity index (χ4v) is 4.20. The third-order valence-corrected chi connectivity index (χ3v) is 5.87. The molecule has 0 spiro atoms. The second-order valence-electron chi connectivity index (χ2n) is 7.76. The van der Waals surface area contributed by atoms with Gasteiger partial charge in [-0.1, -0.05) is 18.2 Å². The van der Waals surface area contributed by atoms with E-state index in [4.69, 9.17) is 9.15 Å². The highest BCUT2D eigenvalue weighted by atomic mass is 16.5. The van der Waals surface area contributed by atoms with Gasteiger partial charge in [0.1, 0.15) is 29.1 Å². The number of ether oxygens (including phenoxy) is 1. The normalized spacial score (nSPS) is 15.2. The number of hydrogen-bond donors (Lipinski definition) is 0. The summed E-state index contributed by atoms with van der Waals surface area (Å²) >= 11 is 0. The van der Waals surface area contributed by atoms with E-state index in [9.17, 15) is 4.79 Å². The van der Waals surface area contributed by atoms with Crippen LogP contribution in [0.15, 0.2) is 65.3 Å². The van der Waals surface area contributed by atoms with Crippen LogP contribution >= 0.6 is 0 Å². The number of para-hydroxylation sites is 1. The number of benzene rings is 2. The lowest BCUT2D eigenvalue weighted by atomic mass is 9.97. The second-order valence-corrected chi connectivity index (χ2v) is 7.76. The van der Waals surface area contributed by atoms with Crippen molar-refractivity contribution in [3.8, 4) is 5.75 Å². The summed E-state index contributed by atoms with van der Waals surface area (Å²) in [6.07, 6.45) is 3.03. The van der Waals surface area contributed by atoms with Gasteiger partial charge in [0.05, 0.1) is 5.92 Å². The third-order valence-electron chi connectivity index (χ3n) is 5.87. The molecular formula is C23H19N5O3. The molecule has 0 N–H and O–H groups in total. The van der Waals surface area contributed by atoms with Gasteiger partial charge in [-0.25, -0.2) is 0 Å². The Morgan fingerprint density at radius 1 is 1.00 bits per heavy atom. The molecular weight excluding hydrogens is 394 g/mol. The van der Waals surface area contributed by atoms with E-state index in [0.717, 1.165) is 53.7 Å². The molecule has 1 saturated heterocycles. The Labute approximate surface area is 177 Å². The van der Waals surface area contributed by atoms with E-state index in [1.807, 2.05) is 48.5 Å². The first-order chi connectivity index (χ1) is 15.2. The standard InChI is InChI=1S/C23H19N5O3/c29-23(30-16-5-6-20-18(13-16)17-3-1-2-4-19(17)31-20)15-9-11-27(12-10-15)22-8-7-21-25-24-14-28(21)26-22/h1-8,13-15H,9-12H2. The fourth-order valence-electron chi connectivity index (χ4n) is 4.20. The van der Waals surface area contributed by atoms with Gasteiger partial charge in [0.2, 0.25) is 0 Å². The van der Waals surface area contributed by atoms with Crippen molar-refractivity contribution >= 4 is 39.4 Å². The first kappa shape index (κ1) is 17.9. The van der Waals surface area contributed by atoms with E-state index < -0.39 is 0 Å². The zero-order valence-corrected chi connectivity index (χ0v) is 16.6. The molecule has 0 amide bonds. The molecule has 31 heavy (non-hydrogen) atoms. The van der Waals surface area contributed by atoms with Gasteiger partial charge in [0.25, 0.3) is 0 Å². The summed E-state index contributed by atoms with van der Waals surface area (Å²) in [5, 5.41) is 14.3. The maximum absolute atomic E-state index is 12.8. The van der Waals surface area contributed by atoms with E-state index in [1.54, 1.807) is 16.9 Å². The van der Waals surface area contributed by atoms with Crippen LogP contribution in [-0.4, -0.2) is 38.9 Å². The Bertz CT molecular complexity index is 1410. The quantitative estimate of drug-likeness (QED) is 0.328. The topological polar surface area (TPSA) is 85.8 Å². The summed E-state index contributed by atoms with van der Waals surface area (Å²) in [6, 6.07) is 17.2. The van der Waals surface area contributed by atoms with E-state index in [-0.39, 0.29) is 11.9 Å². The van der Waals surface area contributed by atoms with Crippen molar-refractivity contribution in [1.82, 2.24) is 19.8 Å². The van der Waals surface area contributed by atoms with Crippen molar-refractivity contribution < 1.29 is 13.9 Å². The maximum Gasteiger partial charge on any atom is 0.314 e. The Balaban J connectivity index is 1.15. The zero-order chi connectivity index (χ0) is 20.8. The van der Waals surface area contributed by atoms with Crippen LogP contribution in [0.5, 0.6) is 5.75 Å². The molecule has 5 aromatic rings. The van der Waals surface area contributed by atoms with Gasteiger partial charge in [0.15, 0.2) is 5.65 Å². The Morgan fingerprint density at radius 3 is 2.74 bits per heavy atom. The molecule has 8 nitrogen and oxygen atoms in total. The SMILES string of the molecule is O=C(Oc1ccc2oc3ccccc3c2c1)C1CCN(c2ccc3nncn3n2)CC1. The Morgan fingerprint density at radius 2 is 1.84 bits per heavy atom. The molecule has 3 aromatic heterocycles. The highest BCUT2D eigenvalue weighted by molar-refractivity contribution is 6.05. The first-order valence-electron chi connectivity index (χ1n) is 10.3. The third kappa shape index (κ3) is 3.16. The summed E-state index contributed by atoms with van der Waals surface area (Å²) in [4.78, 5) is 15.0. The molecule has 154 valence electrons.